The summed E-state index contributed by atoms with van der Waals surface area (Å²) >= 11 is 0. The number of amides is 1. The molecule has 7 heteroatoms. The summed E-state index contributed by atoms with van der Waals surface area (Å²) in [5, 5.41) is 3.05. The maximum Gasteiger partial charge on any atom is 0.243 e. The molecule has 1 N–H and O–H groups in total. The molecule has 31 heavy (non-hydrogen) atoms. The van der Waals surface area contributed by atoms with E-state index in [-0.39, 0.29) is 11.8 Å². The van der Waals surface area contributed by atoms with Crippen molar-refractivity contribution in [2.45, 2.75) is 43.7 Å². The molecule has 0 bridgehead atoms. The lowest BCUT2D eigenvalue weighted by atomic mass is 9.97. The Bertz CT molecular complexity index is 980. The summed E-state index contributed by atoms with van der Waals surface area (Å²) in [5.74, 6) is -0.128. The first-order chi connectivity index (χ1) is 15.0. The summed E-state index contributed by atoms with van der Waals surface area (Å²) in [5.41, 5.74) is 2.39. The first kappa shape index (κ1) is 22.0. The van der Waals surface area contributed by atoms with Crippen molar-refractivity contribution in [2.24, 2.45) is 5.92 Å². The van der Waals surface area contributed by atoms with Crippen LogP contribution >= 0.6 is 0 Å². The minimum atomic E-state index is -3.48. The zero-order valence-electron chi connectivity index (χ0n) is 17.9. The molecule has 1 amide bonds. The number of rotatable bonds is 7. The topological polar surface area (TPSA) is 69.7 Å². The molecule has 0 spiro atoms. The molecular weight excluding hydrogens is 410 g/mol. The third-order valence-corrected chi connectivity index (χ3v) is 8.18. The average Bonchev–Trinajstić information content (AvgIpc) is 3.31. The van der Waals surface area contributed by atoms with Gasteiger partial charge in [0.2, 0.25) is 15.9 Å². The van der Waals surface area contributed by atoms with Gasteiger partial charge in [0.05, 0.1) is 4.90 Å². The maximum atomic E-state index is 12.8. The van der Waals surface area contributed by atoms with Gasteiger partial charge < -0.3 is 5.32 Å². The van der Waals surface area contributed by atoms with Crippen molar-refractivity contribution in [3.63, 3.8) is 0 Å². The highest BCUT2D eigenvalue weighted by Crippen LogP contribution is 2.24. The smallest absolute Gasteiger partial charge is 0.243 e. The largest absolute Gasteiger partial charge is 0.352 e. The van der Waals surface area contributed by atoms with Gasteiger partial charge in [0.1, 0.15) is 0 Å². The molecule has 0 unspecified atom stereocenters. The number of likely N-dealkylation sites (tertiary alicyclic amines) is 1. The molecular formula is C24H31N3O3S. The van der Waals surface area contributed by atoms with Crippen LogP contribution < -0.4 is 5.32 Å². The van der Waals surface area contributed by atoms with Gasteiger partial charge in [0, 0.05) is 32.1 Å². The fraction of sp³-hybridized carbons (Fsp3) is 0.458. The van der Waals surface area contributed by atoms with Crippen LogP contribution in [0, 0.1) is 5.92 Å². The first-order valence-corrected chi connectivity index (χ1v) is 12.6. The molecule has 2 aliphatic heterocycles. The summed E-state index contributed by atoms with van der Waals surface area (Å²) in [6.45, 7) is 4.56. The predicted molar refractivity (Wildman–Crippen MR) is 121 cm³/mol. The summed E-state index contributed by atoms with van der Waals surface area (Å²) in [7, 11) is -3.48. The monoisotopic (exact) mass is 441 g/mol. The van der Waals surface area contributed by atoms with E-state index in [4.69, 9.17) is 0 Å². The number of nitrogens with zero attached hydrogens (tertiary/aromatic N) is 2. The summed E-state index contributed by atoms with van der Waals surface area (Å²) in [6.07, 6.45) is 3.65. The third kappa shape index (κ3) is 5.53. The van der Waals surface area contributed by atoms with Gasteiger partial charge in [-0.3, -0.25) is 9.69 Å². The SMILES string of the molecule is O=C(NCc1cccc(CN2CCCC2)c1)C1CCN(S(=O)(=O)c2ccccc2)CC1. The van der Waals surface area contributed by atoms with E-state index in [1.54, 1.807) is 30.3 Å². The van der Waals surface area contributed by atoms with Crippen LogP contribution in [-0.2, 0) is 27.9 Å². The Morgan fingerprint density at radius 2 is 1.58 bits per heavy atom. The Labute approximate surface area is 185 Å². The van der Waals surface area contributed by atoms with Crippen LogP contribution in [0.15, 0.2) is 59.5 Å². The molecule has 0 atom stereocenters. The molecule has 2 aromatic carbocycles. The van der Waals surface area contributed by atoms with E-state index in [9.17, 15) is 13.2 Å². The van der Waals surface area contributed by atoms with Crippen molar-refractivity contribution in [1.29, 1.82) is 0 Å². The Balaban J connectivity index is 1.27. The maximum absolute atomic E-state index is 12.8. The summed E-state index contributed by atoms with van der Waals surface area (Å²) in [6, 6.07) is 16.9. The second kappa shape index (κ2) is 9.94. The number of carbonyl (C=O) groups is 1. The van der Waals surface area contributed by atoms with Crippen LogP contribution in [-0.4, -0.2) is 49.7 Å². The number of benzene rings is 2. The molecule has 2 saturated heterocycles. The van der Waals surface area contributed by atoms with Crippen molar-refractivity contribution in [1.82, 2.24) is 14.5 Å². The molecule has 2 fully saturated rings. The van der Waals surface area contributed by atoms with Crippen molar-refractivity contribution in [2.75, 3.05) is 26.2 Å². The molecule has 2 aromatic rings. The van der Waals surface area contributed by atoms with Crippen LogP contribution in [0.5, 0.6) is 0 Å². The minimum Gasteiger partial charge on any atom is -0.352 e. The molecule has 0 aromatic heterocycles. The van der Waals surface area contributed by atoms with E-state index in [1.165, 1.54) is 35.8 Å². The summed E-state index contributed by atoms with van der Waals surface area (Å²) < 4.78 is 27.0. The molecule has 2 heterocycles. The molecule has 0 aliphatic carbocycles. The van der Waals surface area contributed by atoms with E-state index in [1.807, 2.05) is 6.07 Å². The van der Waals surface area contributed by atoms with E-state index >= 15 is 0 Å². The van der Waals surface area contributed by atoms with Gasteiger partial charge >= 0.3 is 0 Å². The van der Waals surface area contributed by atoms with Crippen LogP contribution in [0.2, 0.25) is 0 Å². The Kier molecular flexibility index (Phi) is 7.05. The van der Waals surface area contributed by atoms with Gasteiger partial charge in [-0.2, -0.15) is 4.31 Å². The van der Waals surface area contributed by atoms with E-state index in [0.717, 1.165) is 12.1 Å². The lowest BCUT2D eigenvalue weighted by molar-refractivity contribution is -0.126. The number of nitrogens with one attached hydrogen (secondary N) is 1. The van der Waals surface area contributed by atoms with Gasteiger partial charge in [-0.05, 0) is 62.0 Å². The Morgan fingerprint density at radius 3 is 2.29 bits per heavy atom. The van der Waals surface area contributed by atoms with Crippen molar-refractivity contribution in [3.8, 4) is 0 Å². The highest BCUT2D eigenvalue weighted by atomic mass is 32.2. The highest BCUT2D eigenvalue weighted by Gasteiger charge is 2.31. The average molecular weight is 442 g/mol. The fourth-order valence-electron chi connectivity index (χ4n) is 4.47. The predicted octanol–water partition coefficient (Wildman–Crippen LogP) is 3.00. The van der Waals surface area contributed by atoms with Gasteiger partial charge in [-0.15, -0.1) is 0 Å². The van der Waals surface area contributed by atoms with Crippen LogP contribution in [0.4, 0.5) is 0 Å². The van der Waals surface area contributed by atoms with E-state index < -0.39 is 10.0 Å². The van der Waals surface area contributed by atoms with Crippen molar-refractivity contribution >= 4 is 15.9 Å². The summed E-state index contributed by atoms with van der Waals surface area (Å²) in [4.78, 5) is 15.5. The Morgan fingerprint density at radius 1 is 0.903 bits per heavy atom. The zero-order valence-corrected chi connectivity index (χ0v) is 18.7. The van der Waals surface area contributed by atoms with Crippen LogP contribution in [0.1, 0.15) is 36.8 Å². The first-order valence-electron chi connectivity index (χ1n) is 11.2. The third-order valence-electron chi connectivity index (χ3n) is 6.27. The normalized spacial score (nSPS) is 18.8. The lowest BCUT2D eigenvalue weighted by Gasteiger charge is -2.30. The van der Waals surface area contributed by atoms with Gasteiger partial charge in [-0.25, -0.2) is 8.42 Å². The standard InChI is InChI=1S/C24H31N3O3S/c28-24(25-18-20-7-6-8-21(17-20)19-26-13-4-5-14-26)22-11-15-27(16-12-22)31(29,30)23-9-2-1-3-10-23/h1-3,6-10,17,22H,4-5,11-16,18-19H2,(H,25,28). The van der Waals surface area contributed by atoms with Gasteiger partial charge in [-0.1, -0.05) is 42.5 Å². The molecule has 0 saturated carbocycles. The van der Waals surface area contributed by atoms with E-state index in [0.29, 0.717) is 37.4 Å². The molecule has 6 nitrogen and oxygen atoms in total. The fourth-order valence-corrected chi connectivity index (χ4v) is 5.96. The minimum absolute atomic E-state index is 0.0155. The van der Waals surface area contributed by atoms with Crippen LogP contribution in [0.25, 0.3) is 0 Å². The quantitative estimate of drug-likeness (QED) is 0.717. The number of hydrogen-bond acceptors (Lipinski definition) is 4. The van der Waals surface area contributed by atoms with E-state index in [2.05, 4.69) is 28.4 Å². The number of carbonyl (C=O) groups excluding carboxylic acids is 1. The number of sulfonamides is 1. The van der Waals surface area contributed by atoms with Crippen molar-refractivity contribution in [3.05, 3.63) is 65.7 Å². The molecule has 0 radical (unpaired) electrons. The molecule has 166 valence electrons. The Hall–Kier alpha value is -2.22. The van der Waals surface area contributed by atoms with Crippen molar-refractivity contribution < 1.29 is 13.2 Å². The second-order valence-corrected chi connectivity index (χ2v) is 10.5. The molecule has 2 aliphatic rings. The zero-order chi connectivity index (χ0) is 21.7. The number of hydrogen-bond donors (Lipinski definition) is 1. The van der Waals surface area contributed by atoms with Crippen LogP contribution in [0.3, 0.4) is 0 Å². The second-order valence-electron chi connectivity index (χ2n) is 8.51. The number of piperidine rings is 1. The lowest BCUT2D eigenvalue weighted by Crippen LogP contribution is -2.42. The van der Waals surface area contributed by atoms with Gasteiger partial charge in [0.25, 0.3) is 0 Å². The highest BCUT2D eigenvalue weighted by molar-refractivity contribution is 7.89. The van der Waals surface area contributed by atoms with Gasteiger partial charge in [0.15, 0.2) is 0 Å². The molecule has 4 rings (SSSR count).